The second-order valence-electron chi connectivity index (χ2n) is 4.18. The van der Waals surface area contributed by atoms with Gasteiger partial charge < -0.3 is 15.7 Å². The van der Waals surface area contributed by atoms with Crippen LogP contribution in [0.15, 0.2) is 24.3 Å². The minimum Gasteiger partial charge on any atom is -0.508 e. The highest BCUT2D eigenvalue weighted by molar-refractivity contribution is 5.81. The Kier molecular flexibility index (Phi) is 4.52. The van der Waals surface area contributed by atoms with Crippen molar-refractivity contribution in [3.63, 3.8) is 0 Å². The predicted octanol–water partition coefficient (Wildman–Crippen LogP) is 1.65. The summed E-state index contributed by atoms with van der Waals surface area (Å²) < 4.78 is 0. The largest absolute Gasteiger partial charge is 0.508 e. The molecule has 0 aliphatic heterocycles. The Morgan fingerprint density at radius 1 is 1.47 bits per heavy atom. The molecule has 4 heteroatoms. The Bertz CT molecular complexity index is 391. The first-order chi connectivity index (χ1) is 7.97. The molecule has 0 spiro atoms. The first-order valence-corrected chi connectivity index (χ1v) is 5.82. The van der Waals surface area contributed by atoms with Crippen LogP contribution in [0.3, 0.4) is 0 Å². The molecule has 4 nitrogen and oxygen atoms in total. The van der Waals surface area contributed by atoms with Crippen LogP contribution in [0.1, 0.15) is 32.4 Å². The second kappa shape index (κ2) is 5.68. The molecule has 2 atom stereocenters. The van der Waals surface area contributed by atoms with Gasteiger partial charge in [0.2, 0.25) is 5.91 Å². The van der Waals surface area contributed by atoms with Crippen LogP contribution in [0.5, 0.6) is 5.75 Å². The molecule has 0 saturated carbocycles. The van der Waals surface area contributed by atoms with Crippen molar-refractivity contribution in [1.82, 2.24) is 4.90 Å². The van der Waals surface area contributed by atoms with Gasteiger partial charge in [0.15, 0.2) is 0 Å². The zero-order valence-electron chi connectivity index (χ0n) is 10.6. The molecule has 0 aliphatic rings. The average Bonchev–Trinajstić information content (AvgIpc) is 2.29. The summed E-state index contributed by atoms with van der Waals surface area (Å²) in [6, 6.07) is 6.34. The van der Waals surface area contributed by atoms with Gasteiger partial charge >= 0.3 is 0 Å². The van der Waals surface area contributed by atoms with Crippen molar-refractivity contribution in [3.8, 4) is 5.75 Å². The summed E-state index contributed by atoms with van der Waals surface area (Å²) in [6.45, 7) is 6.12. The van der Waals surface area contributed by atoms with Crippen LogP contribution in [0.2, 0.25) is 0 Å². The number of rotatable bonds is 4. The second-order valence-corrected chi connectivity index (χ2v) is 4.18. The lowest BCUT2D eigenvalue weighted by Gasteiger charge is -2.29. The van der Waals surface area contributed by atoms with Crippen LogP contribution in [0, 0.1) is 0 Å². The first kappa shape index (κ1) is 13.5. The third kappa shape index (κ3) is 3.20. The SMILES string of the molecule is CCN(C(=O)[C@H](C)N)C(C)c1cccc(O)c1. The Labute approximate surface area is 102 Å². The molecular formula is C13H20N2O2. The minimum absolute atomic E-state index is 0.0802. The molecule has 1 unspecified atom stereocenters. The number of likely N-dealkylation sites (N-methyl/N-ethyl adjacent to an activating group) is 1. The van der Waals surface area contributed by atoms with Crippen LogP contribution < -0.4 is 5.73 Å². The fourth-order valence-electron chi connectivity index (χ4n) is 1.85. The van der Waals surface area contributed by atoms with Crippen molar-refractivity contribution in [2.24, 2.45) is 5.73 Å². The maximum Gasteiger partial charge on any atom is 0.239 e. The van der Waals surface area contributed by atoms with Gasteiger partial charge in [-0.3, -0.25) is 4.79 Å². The molecule has 94 valence electrons. The molecule has 0 aromatic heterocycles. The molecule has 1 aromatic carbocycles. The van der Waals surface area contributed by atoms with Crippen LogP contribution in [-0.4, -0.2) is 28.5 Å². The van der Waals surface area contributed by atoms with Gasteiger partial charge in [-0.15, -0.1) is 0 Å². The number of carbonyl (C=O) groups is 1. The molecule has 1 amide bonds. The molecule has 0 aliphatic carbocycles. The summed E-state index contributed by atoms with van der Waals surface area (Å²) >= 11 is 0. The van der Waals surface area contributed by atoms with Crippen molar-refractivity contribution in [2.45, 2.75) is 32.9 Å². The standard InChI is InChI=1S/C13H20N2O2/c1-4-15(13(17)9(2)14)10(3)11-6-5-7-12(16)8-11/h5-10,16H,4,14H2,1-3H3/t9-,10?/m0/s1. The van der Waals surface area contributed by atoms with E-state index in [2.05, 4.69) is 0 Å². The molecule has 0 heterocycles. The van der Waals surface area contributed by atoms with Crippen molar-refractivity contribution < 1.29 is 9.90 Å². The van der Waals surface area contributed by atoms with Crippen LogP contribution >= 0.6 is 0 Å². The molecule has 3 N–H and O–H groups in total. The number of hydrogen-bond donors (Lipinski definition) is 2. The Balaban J connectivity index is 2.93. The smallest absolute Gasteiger partial charge is 0.239 e. The van der Waals surface area contributed by atoms with E-state index in [-0.39, 0.29) is 17.7 Å². The summed E-state index contributed by atoms with van der Waals surface area (Å²) in [5.74, 6) is 0.127. The van der Waals surface area contributed by atoms with Gasteiger partial charge in [-0.2, -0.15) is 0 Å². The number of phenols is 1. The zero-order valence-corrected chi connectivity index (χ0v) is 10.6. The van der Waals surface area contributed by atoms with Gasteiger partial charge in [-0.25, -0.2) is 0 Å². The number of amides is 1. The minimum atomic E-state index is -0.505. The maximum atomic E-state index is 11.9. The van der Waals surface area contributed by atoms with Crippen molar-refractivity contribution in [3.05, 3.63) is 29.8 Å². The number of hydrogen-bond acceptors (Lipinski definition) is 3. The molecule has 1 aromatic rings. The monoisotopic (exact) mass is 236 g/mol. The molecule has 0 saturated heterocycles. The van der Waals surface area contributed by atoms with E-state index < -0.39 is 6.04 Å². The molecule has 0 radical (unpaired) electrons. The molecule has 0 bridgehead atoms. The predicted molar refractivity (Wildman–Crippen MR) is 67.6 cm³/mol. The number of nitrogens with zero attached hydrogens (tertiary/aromatic N) is 1. The van der Waals surface area contributed by atoms with Gasteiger partial charge in [-0.1, -0.05) is 12.1 Å². The summed E-state index contributed by atoms with van der Waals surface area (Å²) in [5.41, 5.74) is 6.52. The number of aromatic hydroxyl groups is 1. The lowest BCUT2D eigenvalue weighted by atomic mass is 10.1. The number of phenolic OH excluding ortho intramolecular Hbond substituents is 1. The van der Waals surface area contributed by atoms with E-state index in [0.717, 1.165) is 5.56 Å². The normalized spacial score (nSPS) is 14.1. The summed E-state index contributed by atoms with van der Waals surface area (Å²) in [4.78, 5) is 13.6. The average molecular weight is 236 g/mol. The zero-order chi connectivity index (χ0) is 13.0. The molecule has 0 fully saturated rings. The Morgan fingerprint density at radius 2 is 2.12 bits per heavy atom. The van der Waals surface area contributed by atoms with Crippen LogP contribution in [-0.2, 0) is 4.79 Å². The highest BCUT2D eigenvalue weighted by Crippen LogP contribution is 2.23. The quantitative estimate of drug-likeness (QED) is 0.835. The maximum absolute atomic E-state index is 11.9. The van der Waals surface area contributed by atoms with Crippen LogP contribution in [0.4, 0.5) is 0 Å². The topological polar surface area (TPSA) is 66.6 Å². The lowest BCUT2D eigenvalue weighted by Crippen LogP contribution is -2.43. The van der Waals surface area contributed by atoms with E-state index in [0.29, 0.717) is 6.54 Å². The van der Waals surface area contributed by atoms with Crippen molar-refractivity contribution >= 4 is 5.91 Å². The third-order valence-corrected chi connectivity index (χ3v) is 2.83. The first-order valence-electron chi connectivity index (χ1n) is 5.82. The Hall–Kier alpha value is -1.55. The number of benzene rings is 1. The van der Waals surface area contributed by atoms with E-state index in [1.165, 1.54) is 0 Å². The highest BCUT2D eigenvalue weighted by Gasteiger charge is 2.22. The van der Waals surface area contributed by atoms with Gasteiger partial charge in [-0.05, 0) is 38.5 Å². The van der Waals surface area contributed by atoms with Crippen molar-refractivity contribution in [1.29, 1.82) is 0 Å². The third-order valence-electron chi connectivity index (χ3n) is 2.83. The lowest BCUT2D eigenvalue weighted by molar-refractivity contribution is -0.134. The van der Waals surface area contributed by atoms with E-state index in [4.69, 9.17) is 5.73 Å². The summed E-state index contributed by atoms with van der Waals surface area (Å²) in [5, 5.41) is 9.44. The molecular weight excluding hydrogens is 216 g/mol. The molecule has 1 rings (SSSR count). The number of nitrogens with two attached hydrogens (primary N) is 1. The number of carbonyl (C=O) groups excluding carboxylic acids is 1. The van der Waals surface area contributed by atoms with E-state index >= 15 is 0 Å². The van der Waals surface area contributed by atoms with Gasteiger partial charge in [0, 0.05) is 6.54 Å². The van der Waals surface area contributed by atoms with Gasteiger partial charge in [0.1, 0.15) is 5.75 Å². The van der Waals surface area contributed by atoms with Crippen molar-refractivity contribution in [2.75, 3.05) is 6.54 Å². The van der Waals surface area contributed by atoms with E-state index in [1.54, 1.807) is 30.0 Å². The Morgan fingerprint density at radius 3 is 2.59 bits per heavy atom. The fourth-order valence-corrected chi connectivity index (χ4v) is 1.85. The molecule has 17 heavy (non-hydrogen) atoms. The van der Waals surface area contributed by atoms with Crippen LogP contribution in [0.25, 0.3) is 0 Å². The van der Waals surface area contributed by atoms with Gasteiger partial charge in [0.25, 0.3) is 0 Å². The van der Waals surface area contributed by atoms with E-state index in [9.17, 15) is 9.90 Å². The van der Waals surface area contributed by atoms with E-state index in [1.807, 2.05) is 19.9 Å². The van der Waals surface area contributed by atoms with Gasteiger partial charge in [0.05, 0.1) is 12.1 Å². The summed E-state index contributed by atoms with van der Waals surface area (Å²) in [7, 11) is 0. The summed E-state index contributed by atoms with van der Waals surface area (Å²) in [6.07, 6.45) is 0. The fraction of sp³-hybridized carbons (Fsp3) is 0.462. The highest BCUT2D eigenvalue weighted by atomic mass is 16.3.